The van der Waals surface area contributed by atoms with Crippen LogP contribution in [0, 0.1) is 0 Å². The zero-order chi connectivity index (χ0) is 41.4. The molecule has 0 aromatic carbocycles. The van der Waals surface area contributed by atoms with E-state index in [1.165, 1.54) is 141 Å². The third-order valence-electron chi connectivity index (χ3n) is 10.0. The second-order valence-electron chi connectivity index (χ2n) is 15.5. The first kappa shape index (κ1) is 54.2. The molecule has 0 rings (SSSR count). The highest BCUT2D eigenvalue weighted by Crippen LogP contribution is 2.43. The van der Waals surface area contributed by atoms with Crippen LogP contribution in [0.3, 0.4) is 0 Å². The Hall–Kier alpha value is -1.78. The molecule has 0 heterocycles. The minimum absolute atomic E-state index is 0.163. The topological polar surface area (TPSA) is 172 Å². The molecule has 3 atom stereocenters. The van der Waals surface area contributed by atoms with Crippen LogP contribution in [0.5, 0.6) is 0 Å². The molecular weight excluding hydrogens is 733 g/mol. The number of aliphatic carboxylic acids is 1. The van der Waals surface area contributed by atoms with Gasteiger partial charge in [0.2, 0.25) is 0 Å². The van der Waals surface area contributed by atoms with Gasteiger partial charge in [-0.1, -0.05) is 180 Å². The van der Waals surface area contributed by atoms with Crippen molar-refractivity contribution in [3.05, 3.63) is 12.2 Å². The Morgan fingerprint density at radius 2 is 0.893 bits per heavy atom. The molecule has 0 aromatic rings. The predicted octanol–water partition coefficient (Wildman–Crippen LogP) is 12.1. The fourth-order valence-corrected chi connectivity index (χ4v) is 7.19. The van der Waals surface area contributed by atoms with E-state index in [2.05, 4.69) is 30.5 Å². The molecule has 0 fully saturated rings. The molecule has 4 N–H and O–H groups in total. The number of carbonyl (C=O) groups excluding carboxylic acids is 2. The lowest BCUT2D eigenvalue weighted by atomic mass is 10.1. The molecule has 0 bridgehead atoms. The van der Waals surface area contributed by atoms with E-state index in [1.54, 1.807) is 0 Å². The molecule has 0 amide bonds. The zero-order valence-corrected chi connectivity index (χ0v) is 36.6. The summed E-state index contributed by atoms with van der Waals surface area (Å²) >= 11 is 0. The second-order valence-corrected chi connectivity index (χ2v) is 17.0. The van der Waals surface area contributed by atoms with Crippen molar-refractivity contribution >= 4 is 25.7 Å². The zero-order valence-electron chi connectivity index (χ0n) is 35.7. The first-order valence-corrected chi connectivity index (χ1v) is 24.2. The molecule has 0 aromatic heterocycles. The molecule has 3 unspecified atom stereocenters. The third-order valence-corrected chi connectivity index (χ3v) is 11.0. The van der Waals surface area contributed by atoms with Crippen LogP contribution in [0.15, 0.2) is 12.2 Å². The number of carboxylic acids is 1. The Morgan fingerprint density at radius 1 is 0.536 bits per heavy atom. The lowest BCUT2D eigenvalue weighted by Gasteiger charge is -2.20. The summed E-state index contributed by atoms with van der Waals surface area (Å²) in [4.78, 5) is 45.9. The van der Waals surface area contributed by atoms with Gasteiger partial charge >= 0.3 is 25.7 Å². The minimum Gasteiger partial charge on any atom is -0.480 e. The van der Waals surface area contributed by atoms with Gasteiger partial charge in [0.05, 0.1) is 13.2 Å². The summed E-state index contributed by atoms with van der Waals surface area (Å²) in [6, 6.07) is -1.52. The van der Waals surface area contributed by atoms with Crippen LogP contribution < -0.4 is 5.73 Å². The number of carbonyl (C=O) groups is 3. The van der Waals surface area contributed by atoms with Crippen LogP contribution in [0.2, 0.25) is 0 Å². The predicted molar refractivity (Wildman–Crippen MR) is 226 cm³/mol. The molecule has 0 aliphatic heterocycles. The van der Waals surface area contributed by atoms with Crippen LogP contribution in [0.1, 0.15) is 219 Å². The molecule has 11 nitrogen and oxygen atoms in total. The number of unbranched alkanes of at least 4 members (excludes halogenated alkanes) is 27. The normalized spacial score (nSPS) is 13.8. The smallest absolute Gasteiger partial charge is 0.472 e. The molecular formula is C44H84NO10P. The Morgan fingerprint density at radius 3 is 1.30 bits per heavy atom. The largest absolute Gasteiger partial charge is 0.480 e. The number of ether oxygens (including phenoxy) is 2. The highest BCUT2D eigenvalue weighted by Gasteiger charge is 2.28. The summed E-state index contributed by atoms with van der Waals surface area (Å²) in [5, 5.41) is 8.88. The SMILES string of the molecule is CCCCCCCCCC/C=C\CCCCCCCCCCCC(=O)OC(COC(=O)CCCCCCCCCCCCC)COP(=O)(O)OCC(N)C(=O)O. The Bertz CT molecular complexity index is 1010. The number of esters is 2. The summed E-state index contributed by atoms with van der Waals surface area (Å²) in [5.41, 5.74) is 5.33. The van der Waals surface area contributed by atoms with Crippen molar-refractivity contribution < 1.29 is 47.5 Å². The van der Waals surface area contributed by atoms with Crippen molar-refractivity contribution in [2.24, 2.45) is 5.73 Å². The van der Waals surface area contributed by atoms with Gasteiger partial charge in [-0.2, -0.15) is 0 Å². The van der Waals surface area contributed by atoms with Gasteiger partial charge in [0.1, 0.15) is 12.6 Å². The first-order valence-electron chi connectivity index (χ1n) is 22.7. The highest BCUT2D eigenvalue weighted by molar-refractivity contribution is 7.47. The van der Waals surface area contributed by atoms with E-state index >= 15 is 0 Å². The number of carboxylic acid groups (broad SMARTS) is 1. The van der Waals surface area contributed by atoms with E-state index in [0.29, 0.717) is 12.8 Å². The molecule has 330 valence electrons. The number of phosphoric ester groups is 1. The fourth-order valence-electron chi connectivity index (χ4n) is 6.41. The van der Waals surface area contributed by atoms with Gasteiger partial charge in [-0.05, 0) is 38.5 Å². The van der Waals surface area contributed by atoms with Crippen LogP contribution in [-0.2, 0) is 37.5 Å². The number of rotatable bonds is 43. The Labute approximate surface area is 341 Å². The van der Waals surface area contributed by atoms with Crippen LogP contribution in [0.4, 0.5) is 0 Å². The molecule has 0 aliphatic carbocycles. The average molecular weight is 818 g/mol. The molecule has 0 spiro atoms. The van der Waals surface area contributed by atoms with E-state index in [1.807, 2.05) is 0 Å². The van der Waals surface area contributed by atoms with Crippen molar-refractivity contribution in [3.8, 4) is 0 Å². The highest BCUT2D eigenvalue weighted by atomic mass is 31.2. The van der Waals surface area contributed by atoms with Gasteiger partial charge in [-0.3, -0.25) is 23.4 Å². The number of hydrogen-bond donors (Lipinski definition) is 3. The van der Waals surface area contributed by atoms with E-state index in [0.717, 1.165) is 38.5 Å². The average Bonchev–Trinajstić information content (AvgIpc) is 3.17. The number of phosphoric acid groups is 1. The van der Waals surface area contributed by atoms with E-state index in [4.69, 9.17) is 24.8 Å². The maximum Gasteiger partial charge on any atom is 0.472 e. The molecule has 0 aliphatic rings. The minimum atomic E-state index is -4.71. The van der Waals surface area contributed by atoms with Crippen LogP contribution in [-0.4, -0.2) is 59.9 Å². The number of nitrogens with two attached hydrogens (primary N) is 1. The quantitative estimate of drug-likeness (QED) is 0.0231. The standard InChI is InChI=1S/C44H84NO10P/c1-3-5-7-9-11-13-15-16-17-18-19-20-21-22-23-24-26-28-30-32-34-36-43(47)55-40(38-53-56(50,51)54-39-41(45)44(48)49)37-52-42(46)35-33-31-29-27-25-14-12-10-8-6-4-2/h18-19,40-41H,3-17,20-39,45H2,1-2H3,(H,48,49)(H,50,51)/b19-18-. The van der Waals surface area contributed by atoms with Gasteiger partial charge in [-0.25, -0.2) is 4.57 Å². The van der Waals surface area contributed by atoms with Crippen molar-refractivity contribution in [3.63, 3.8) is 0 Å². The Kier molecular flexibility index (Phi) is 38.7. The fraction of sp³-hybridized carbons (Fsp3) is 0.886. The summed E-state index contributed by atoms with van der Waals surface area (Å²) in [6.45, 7) is 2.81. The van der Waals surface area contributed by atoms with Gasteiger partial charge in [0.15, 0.2) is 6.10 Å². The molecule has 0 saturated heterocycles. The lowest BCUT2D eigenvalue weighted by molar-refractivity contribution is -0.161. The first-order chi connectivity index (χ1) is 27.1. The summed E-state index contributed by atoms with van der Waals surface area (Å²) in [6.07, 6.45) is 39.9. The number of allylic oxidation sites excluding steroid dienone is 2. The second kappa shape index (κ2) is 40.0. The molecule has 0 saturated carbocycles. The molecule has 0 radical (unpaired) electrons. The summed E-state index contributed by atoms with van der Waals surface area (Å²) in [7, 11) is -4.71. The lowest BCUT2D eigenvalue weighted by Crippen LogP contribution is -2.34. The van der Waals surface area contributed by atoms with Crippen molar-refractivity contribution in [2.45, 2.75) is 231 Å². The maximum atomic E-state index is 12.6. The van der Waals surface area contributed by atoms with E-state index in [-0.39, 0.29) is 19.4 Å². The van der Waals surface area contributed by atoms with Crippen molar-refractivity contribution in [2.75, 3.05) is 19.8 Å². The van der Waals surface area contributed by atoms with Crippen molar-refractivity contribution in [1.82, 2.24) is 0 Å². The summed E-state index contributed by atoms with van der Waals surface area (Å²) in [5.74, 6) is -2.37. The van der Waals surface area contributed by atoms with Gasteiger partial charge in [0, 0.05) is 12.8 Å². The van der Waals surface area contributed by atoms with Gasteiger partial charge < -0.3 is 25.2 Å². The molecule has 12 heteroatoms. The van der Waals surface area contributed by atoms with E-state index < -0.39 is 51.1 Å². The summed E-state index contributed by atoms with van der Waals surface area (Å²) < 4.78 is 32.7. The molecule has 56 heavy (non-hydrogen) atoms. The van der Waals surface area contributed by atoms with Gasteiger partial charge in [-0.15, -0.1) is 0 Å². The maximum absolute atomic E-state index is 12.6. The third kappa shape index (κ3) is 39.1. The monoisotopic (exact) mass is 818 g/mol. The Balaban J connectivity index is 4.25. The van der Waals surface area contributed by atoms with Crippen molar-refractivity contribution in [1.29, 1.82) is 0 Å². The van der Waals surface area contributed by atoms with Gasteiger partial charge in [0.25, 0.3) is 0 Å². The van der Waals surface area contributed by atoms with Crippen LogP contribution >= 0.6 is 7.82 Å². The van der Waals surface area contributed by atoms with E-state index in [9.17, 15) is 23.8 Å². The number of hydrogen-bond acceptors (Lipinski definition) is 9. The van der Waals surface area contributed by atoms with Crippen LogP contribution in [0.25, 0.3) is 0 Å².